The average molecular weight is 291 g/mol. The molecule has 0 amide bonds. The highest BCUT2D eigenvalue weighted by Crippen LogP contribution is 2.14. The molecule has 0 unspecified atom stereocenters. The van der Waals surface area contributed by atoms with Gasteiger partial charge in [-0.25, -0.2) is 0 Å². The average Bonchev–Trinajstić information content (AvgIpc) is 2.42. The largest absolute Gasteiger partial charge is 0.508 e. The molecule has 2 aromatic rings. The summed E-state index contributed by atoms with van der Waals surface area (Å²) in [5, 5.41) is 11.8. The minimum Gasteiger partial charge on any atom is -0.508 e. The Kier molecular flexibility index (Phi) is 3.90. The molecular weight excluding hydrogens is 278 g/mol. The lowest BCUT2D eigenvalue weighted by atomic mass is 10.3. The molecule has 6 nitrogen and oxygen atoms in total. The Hall–Kier alpha value is -2.54. The fraction of sp³-hybridized carbons (Fsp3) is 0. The predicted octanol–water partition coefficient (Wildman–Crippen LogP) is 1.51. The number of rotatable bonds is 3. The third-order valence-electron chi connectivity index (χ3n) is 2.40. The van der Waals surface area contributed by atoms with Gasteiger partial charge in [-0.2, -0.15) is 8.42 Å². The lowest BCUT2D eigenvalue weighted by Gasteiger charge is -2.05. The van der Waals surface area contributed by atoms with Crippen LogP contribution in [0.1, 0.15) is 0 Å². The Morgan fingerprint density at radius 2 is 1.65 bits per heavy atom. The zero-order valence-electron chi connectivity index (χ0n) is 10.4. The lowest BCUT2D eigenvalue weighted by Crippen LogP contribution is -2.24. The van der Waals surface area contributed by atoms with Crippen LogP contribution in [0.3, 0.4) is 0 Å². The van der Waals surface area contributed by atoms with Crippen molar-refractivity contribution in [2.75, 3.05) is 5.32 Å². The number of guanidine groups is 1. The summed E-state index contributed by atoms with van der Waals surface area (Å²) >= 11 is 0. The molecule has 0 radical (unpaired) electrons. The number of benzene rings is 2. The SMILES string of the molecule is NC(=NS(=O)(=O)c1ccccc1)Nc1ccc(O)cc1. The van der Waals surface area contributed by atoms with Gasteiger partial charge in [0.15, 0.2) is 0 Å². The van der Waals surface area contributed by atoms with Crippen molar-refractivity contribution in [3.8, 4) is 5.75 Å². The quantitative estimate of drug-likeness (QED) is 0.451. The number of hydrogen-bond acceptors (Lipinski definition) is 3. The summed E-state index contributed by atoms with van der Waals surface area (Å²) < 4.78 is 27.4. The van der Waals surface area contributed by atoms with Crippen molar-refractivity contribution < 1.29 is 13.5 Å². The van der Waals surface area contributed by atoms with Crippen LogP contribution in [0.2, 0.25) is 0 Å². The second-order valence-electron chi connectivity index (χ2n) is 3.94. The third kappa shape index (κ3) is 3.48. The van der Waals surface area contributed by atoms with E-state index in [1.807, 2.05) is 0 Å². The van der Waals surface area contributed by atoms with E-state index < -0.39 is 10.0 Å². The van der Waals surface area contributed by atoms with Crippen molar-refractivity contribution in [1.82, 2.24) is 0 Å². The first-order valence-electron chi connectivity index (χ1n) is 5.69. The van der Waals surface area contributed by atoms with Gasteiger partial charge in [0, 0.05) is 5.69 Å². The van der Waals surface area contributed by atoms with Crippen LogP contribution in [-0.4, -0.2) is 19.5 Å². The number of phenolic OH excluding ortho intramolecular Hbond substituents is 1. The molecule has 0 aliphatic carbocycles. The van der Waals surface area contributed by atoms with Crippen LogP contribution < -0.4 is 11.1 Å². The number of nitrogens with two attached hydrogens (primary N) is 1. The van der Waals surface area contributed by atoms with Crippen LogP contribution in [0.4, 0.5) is 5.69 Å². The van der Waals surface area contributed by atoms with Gasteiger partial charge in [0.25, 0.3) is 10.0 Å². The van der Waals surface area contributed by atoms with Gasteiger partial charge < -0.3 is 16.2 Å². The first kappa shape index (κ1) is 13.9. The summed E-state index contributed by atoms with van der Waals surface area (Å²) in [4.78, 5) is 0.0652. The highest BCUT2D eigenvalue weighted by molar-refractivity contribution is 7.90. The molecule has 0 atom stereocenters. The zero-order chi connectivity index (χ0) is 14.6. The molecule has 2 rings (SSSR count). The molecule has 2 aromatic carbocycles. The predicted molar refractivity (Wildman–Crippen MR) is 77.0 cm³/mol. The molecule has 0 saturated heterocycles. The van der Waals surface area contributed by atoms with Crippen molar-refractivity contribution in [2.45, 2.75) is 4.90 Å². The number of anilines is 1. The monoisotopic (exact) mass is 291 g/mol. The number of aromatic hydroxyl groups is 1. The minimum absolute atomic E-state index is 0.0652. The maximum absolute atomic E-state index is 11.9. The maximum Gasteiger partial charge on any atom is 0.285 e. The Morgan fingerprint density at radius 1 is 1.05 bits per heavy atom. The lowest BCUT2D eigenvalue weighted by molar-refractivity contribution is 0.475. The first-order valence-corrected chi connectivity index (χ1v) is 7.13. The topological polar surface area (TPSA) is 105 Å². The molecule has 20 heavy (non-hydrogen) atoms. The summed E-state index contributed by atoms with van der Waals surface area (Å²) in [6, 6.07) is 13.8. The molecular formula is C13H13N3O3S. The number of nitrogens with zero attached hydrogens (tertiary/aromatic N) is 1. The molecule has 104 valence electrons. The van der Waals surface area contributed by atoms with E-state index in [0.717, 1.165) is 0 Å². The van der Waals surface area contributed by atoms with E-state index in [1.54, 1.807) is 30.3 Å². The molecule has 0 aliphatic rings. The van der Waals surface area contributed by atoms with Gasteiger partial charge in [0.1, 0.15) is 5.75 Å². The second-order valence-corrected chi connectivity index (χ2v) is 5.54. The summed E-state index contributed by atoms with van der Waals surface area (Å²) in [5.41, 5.74) is 6.09. The van der Waals surface area contributed by atoms with Crippen LogP contribution in [-0.2, 0) is 10.0 Å². The standard InChI is InChI=1S/C13H13N3O3S/c14-13(15-10-6-8-11(17)9-7-10)16-20(18,19)12-4-2-1-3-5-12/h1-9,17H,(H3,14,15,16). The van der Waals surface area contributed by atoms with Gasteiger partial charge in [0.05, 0.1) is 4.90 Å². The van der Waals surface area contributed by atoms with Gasteiger partial charge in [-0.3, -0.25) is 0 Å². The summed E-state index contributed by atoms with van der Waals surface area (Å²) in [6.45, 7) is 0. The van der Waals surface area contributed by atoms with Gasteiger partial charge in [-0.05, 0) is 36.4 Å². The van der Waals surface area contributed by atoms with Crippen molar-refractivity contribution in [1.29, 1.82) is 0 Å². The van der Waals surface area contributed by atoms with E-state index in [4.69, 9.17) is 10.8 Å². The fourth-order valence-electron chi connectivity index (χ4n) is 1.49. The van der Waals surface area contributed by atoms with Crippen molar-refractivity contribution in [2.24, 2.45) is 10.1 Å². The molecule has 4 N–H and O–H groups in total. The maximum atomic E-state index is 11.9. The molecule has 0 heterocycles. The number of phenols is 1. The Morgan fingerprint density at radius 3 is 2.25 bits per heavy atom. The smallest absolute Gasteiger partial charge is 0.285 e. The van der Waals surface area contributed by atoms with Crippen LogP contribution in [0.15, 0.2) is 63.9 Å². The van der Waals surface area contributed by atoms with Crippen LogP contribution in [0.25, 0.3) is 0 Å². The highest BCUT2D eigenvalue weighted by Gasteiger charge is 2.12. The van der Waals surface area contributed by atoms with Crippen LogP contribution in [0.5, 0.6) is 5.75 Å². The highest BCUT2D eigenvalue weighted by atomic mass is 32.2. The van der Waals surface area contributed by atoms with Gasteiger partial charge in [-0.15, -0.1) is 4.40 Å². The van der Waals surface area contributed by atoms with Gasteiger partial charge in [0.2, 0.25) is 5.96 Å². The zero-order valence-corrected chi connectivity index (χ0v) is 11.2. The second kappa shape index (κ2) is 5.62. The minimum atomic E-state index is -3.84. The van der Waals surface area contributed by atoms with Crippen LogP contribution in [0, 0.1) is 0 Å². The Labute approximate surface area is 116 Å². The van der Waals surface area contributed by atoms with Crippen molar-refractivity contribution in [3.05, 3.63) is 54.6 Å². The summed E-state index contributed by atoms with van der Waals surface area (Å²) in [5.74, 6) is -0.150. The fourth-order valence-corrected chi connectivity index (χ4v) is 2.40. The van der Waals surface area contributed by atoms with Gasteiger partial charge in [-0.1, -0.05) is 18.2 Å². The Bertz CT molecular complexity index is 710. The summed E-state index contributed by atoms with van der Waals surface area (Å²) in [6.07, 6.45) is 0. The van der Waals surface area contributed by atoms with Gasteiger partial charge >= 0.3 is 0 Å². The van der Waals surface area contributed by atoms with E-state index in [0.29, 0.717) is 5.69 Å². The van der Waals surface area contributed by atoms with E-state index in [2.05, 4.69) is 9.71 Å². The number of nitrogens with one attached hydrogen (secondary N) is 1. The molecule has 7 heteroatoms. The van der Waals surface area contributed by atoms with Crippen LogP contribution >= 0.6 is 0 Å². The molecule has 0 aliphatic heterocycles. The molecule has 0 fully saturated rings. The molecule has 0 bridgehead atoms. The van der Waals surface area contributed by atoms with E-state index in [9.17, 15) is 8.42 Å². The normalized spacial score (nSPS) is 12.1. The third-order valence-corrected chi connectivity index (χ3v) is 3.70. The Balaban J connectivity index is 2.20. The van der Waals surface area contributed by atoms with Crippen molar-refractivity contribution in [3.63, 3.8) is 0 Å². The molecule has 0 saturated carbocycles. The number of sulfonamides is 1. The summed E-state index contributed by atoms with van der Waals surface area (Å²) in [7, 11) is -3.84. The van der Waals surface area contributed by atoms with E-state index in [-0.39, 0.29) is 16.6 Å². The number of hydrogen-bond donors (Lipinski definition) is 3. The van der Waals surface area contributed by atoms with E-state index >= 15 is 0 Å². The first-order chi connectivity index (χ1) is 9.47. The van der Waals surface area contributed by atoms with Crippen molar-refractivity contribution >= 4 is 21.7 Å². The van der Waals surface area contributed by atoms with E-state index in [1.165, 1.54) is 24.3 Å². The molecule has 0 aromatic heterocycles. The molecule has 0 spiro atoms.